The molecule has 3 aromatic carbocycles. The van der Waals surface area contributed by atoms with Gasteiger partial charge in [-0.2, -0.15) is 0 Å². The van der Waals surface area contributed by atoms with Crippen molar-refractivity contribution in [1.29, 1.82) is 0 Å². The lowest BCUT2D eigenvalue weighted by molar-refractivity contribution is 1.62. The molecule has 0 bridgehead atoms. The molecule has 2 heteroatoms. The highest BCUT2D eigenvalue weighted by Gasteiger charge is 2.06. The van der Waals surface area contributed by atoms with E-state index in [0.717, 1.165) is 0 Å². The van der Waals surface area contributed by atoms with E-state index in [2.05, 4.69) is 89.3 Å². The average molecular weight is 386 g/mol. The molecular formula is C18H11IS. The lowest BCUT2D eigenvalue weighted by Crippen LogP contribution is -1.77. The van der Waals surface area contributed by atoms with Gasteiger partial charge in [-0.25, -0.2) is 0 Å². The summed E-state index contributed by atoms with van der Waals surface area (Å²) in [7, 11) is 0. The van der Waals surface area contributed by atoms with Gasteiger partial charge in [0.05, 0.1) is 0 Å². The Balaban J connectivity index is 1.94. The number of thiophene rings is 1. The summed E-state index contributed by atoms with van der Waals surface area (Å²) in [5.74, 6) is 0. The van der Waals surface area contributed by atoms with Gasteiger partial charge in [0.15, 0.2) is 0 Å². The van der Waals surface area contributed by atoms with Crippen LogP contribution >= 0.6 is 33.9 Å². The molecule has 0 nitrogen and oxygen atoms in total. The van der Waals surface area contributed by atoms with E-state index in [1.54, 1.807) is 0 Å². The van der Waals surface area contributed by atoms with Gasteiger partial charge in [0.1, 0.15) is 0 Å². The maximum absolute atomic E-state index is 2.34. The van der Waals surface area contributed by atoms with Crippen molar-refractivity contribution in [2.45, 2.75) is 0 Å². The lowest BCUT2D eigenvalue weighted by Gasteiger charge is -2.02. The molecule has 0 aliphatic heterocycles. The summed E-state index contributed by atoms with van der Waals surface area (Å²) >= 11 is 4.21. The Morgan fingerprint density at radius 2 is 1.35 bits per heavy atom. The lowest BCUT2D eigenvalue weighted by atomic mass is 10.0. The van der Waals surface area contributed by atoms with Crippen LogP contribution in [0.15, 0.2) is 66.7 Å². The van der Waals surface area contributed by atoms with E-state index >= 15 is 0 Å². The first-order valence-corrected chi connectivity index (χ1v) is 8.38. The highest BCUT2D eigenvalue weighted by molar-refractivity contribution is 14.1. The SMILES string of the molecule is Ic1ccc(-c2ccc3c(c2)sc2ccccc23)cc1. The van der Waals surface area contributed by atoms with Crippen LogP contribution in [0.2, 0.25) is 0 Å². The van der Waals surface area contributed by atoms with Gasteiger partial charge in [-0.15, -0.1) is 11.3 Å². The first kappa shape index (κ1) is 12.4. The van der Waals surface area contributed by atoms with Crippen LogP contribution in [0.1, 0.15) is 0 Å². The predicted octanol–water partition coefficient (Wildman–Crippen LogP) is 6.33. The minimum Gasteiger partial charge on any atom is -0.135 e. The maximum Gasteiger partial charge on any atom is 0.0361 e. The Morgan fingerprint density at radius 3 is 2.20 bits per heavy atom. The van der Waals surface area contributed by atoms with Crippen LogP contribution in [0, 0.1) is 3.57 Å². The standard InChI is InChI=1S/C18H11IS/c19-14-8-5-12(6-9-14)13-7-10-16-15-3-1-2-4-17(15)20-18(16)11-13/h1-11H. The number of halogens is 1. The molecule has 0 aliphatic carbocycles. The van der Waals surface area contributed by atoms with Crippen molar-refractivity contribution in [3.63, 3.8) is 0 Å². The third-order valence-corrected chi connectivity index (χ3v) is 5.41. The molecule has 96 valence electrons. The first-order chi connectivity index (χ1) is 9.81. The van der Waals surface area contributed by atoms with Crippen molar-refractivity contribution in [1.82, 2.24) is 0 Å². The van der Waals surface area contributed by atoms with E-state index in [-0.39, 0.29) is 0 Å². The van der Waals surface area contributed by atoms with Gasteiger partial charge in [-0.05, 0) is 58.0 Å². The van der Waals surface area contributed by atoms with Crippen LogP contribution in [0.4, 0.5) is 0 Å². The largest absolute Gasteiger partial charge is 0.135 e. The van der Waals surface area contributed by atoms with Gasteiger partial charge >= 0.3 is 0 Å². The van der Waals surface area contributed by atoms with E-state index in [4.69, 9.17) is 0 Å². The van der Waals surface area contributed by atoms with Crippen LogP contribution in [0.25, 0.3) is 31.3 Å². The second-order valence-corrected chi connectivity index (χ2v) is 7.15. The molecule has 0 fully saturated rings. The third kappa shape index (κ3) is 2.03. The number of benzene rings is 3. The van der Waals surface area contributed by atoms with Crippen molar-refractivity contribution in [3.05, 3.63) is 70.3 Å². The summed E-state index contributed by atoms with van der Waals surface area (Å²) in [6, 6.07) is 24.1. The molecule has 0 amide bonds. The van der Waals surface area contributed by atoms with Crippen molar-refractivity contribution in [2.75, 3.05) is 0 Å². The predicted molar refractivity (Wildman–Crippen MR) is 97.5 cm³/mol. The zero-order valence-corrected chi connectivity index (χ0v) is 13.6. The summed E-state index contributed by atoms with van der Waals surface area (Å²) in [5, 5.41) is 2.72. The smallest absolute Gasteiger partial charge is 0.0361 e. The zero-order chi connectivity index (χ0) is 13.5. The molecule has 0 radical (unpaired) electrons. The van der Waals surface area contributed by atoms with Gasteiger partial charge in [-0.1, -0.05) is 42.5 Å². The van der Waals surface area contributed by atoms with E-state index in [1.165, 1.54) is 34.9 Å². The Labute approximate surface area is 135 Å². The van der Waals surface area contributed by atoms with Crippen molar-refractivity contribution >= 4 is 54.1 Å². The van der Waals surface area contributed by atoms with Crippen molar-refractivity contribution in [3.8, 4) is 11.1 Å². The van der Waals surface area contributed by atoms with Gasteiger partial charge in [-0.3, -0.25) is 0 Å². The molecular weight excluding hydrogens is 375 g/mol. The van der Waals surface area contributed by atoms with Crippen molar-refractivity contribution < 1.29 is 0 Å². The molecule has 0 spiro atoms. The fraction of sp³-hybridized carbons (Fsp3) is 0. The van der Waals surface area contributed by atoms with Crippen LogP contribution < -0.4 is 0 Å². The Hall–Kier alpha value is -1.39. The molecule has 20 heavy (non-hydrogen) atoms. The van der Waals surface area contributed by atoms with Gasteiger partial charge in [0, 0.05) is 23.7 Å². The highest BCUT2D eigenvalue weighted by atomic mass is 127. The van der Waals surface area contributed by atoms with E-state index < -0.39 is 0 Å². The molecule has 0 saturated carbocycles. The second-order valence-electron chi connectivity index (χ2n) is 4.82. The zero-order valence-electron chi connectivity index (χ0n) is 10.6. The number of hydrogen-bond donors (Lipinski definition) is 0. The molecule has 0 saturated heterocycles. The van der Waals surface area contributed by atoms with Crippen LogP contribution in [0.5, 0.6) is 0 Å². The van der Waals surface area contributed by atoms with Crippen LogP contribution in [0.3, 0.4) is 0 Å². The van der Waals surface area contributed by atoms with Crippen LogP contribution in [-0.4, -0.2) is 0 Å². The Kier molecular flexibility index (Phi) is 3.00. The van der Waals surface area contributed by atoms with E-state index in [1.807, 2.05) is 11.3 Å². The third-order valence-electron chi connectivity index (χ3n) is 3.56. The first-order valence-electron chi connectivity index (χ1n) is 6.48. The normalized spacial score (nSPS) is 11.2. The number of rotatable bonds is 1. The summed E-state index contributed by atoms with van der Waals surface area (Å²) in [6.45, 7) is 0. The Morgan fingerprint density at radius 1 is 0.650 bits per heavy atom. The topological polar surface area (TPSA) is 0 Å². The number of hydrogen-bond acceptors (Lipinski definition) is 1. The monoisotopic (exact) mass is 386 g/mol. The molecule has 0 atom stereocenters. The average Bonchev–Trinajstić information content (AvgIpc) is 2.85. The maximum atomic E-state index is 2.34. The molecule has 1 heterocycles. The van der Waals surface area contributed by atoms with Gasteiger partial charge < -0.3 is 0 Å². The summed E-state index contributed by atoms with van der Waals surface area (Å²) < 4.78 is 4.00. The Bertz CT molecular complexity index is 904. The summed E-state index contributed by atoms with van der Waals surface area (Å²) in [4.78, 5) is 0. The molecule has 0 unspecified atom stereocenters. The summed E-state index contributed by atoms with van der Waals surface area (Å²) in [5.41, 5.74) is 2.57. The minimum atomic E-state index is 1.27. The van der Waals surface area contributed by atoms with Crippen LogP contribution in [-0.2, 0) is 0 Å². The molecule has 0 aliphatic rings. The fourth-order valence-corrected chi connectivity index (χ4v) is 4.05. The second kappa shape index (κ2) is 4.86. The molecule has 4 aromatic rings. The fourth-order valence-electron chi connectivity index (χ4n) is 2.55. The van der Waals surface area contributed by atoms with Crippen molar-refractivity contribution in [2.24, 2.45) is 0 Å². The van der Waals surface area contributed by atoms with Gasteiger partial charge in [0.25, 0.3) is 0 Å². The molecule has 1 aromatic heterocycles. The van der Waals surface area contributed by atoms with E-state index in [9.17, 15) is 0 Å². The summed E-state index contributed by atoms with van der Waals surface area (Å²) in [6.07, 6.45) is 0. The molecule has 4 rings (SSSR count). The highest BCUT2D eigenvalue weighted by Crippen LogP contribution is 2.36. The minimum absolute atomic E-state index is 1.27. The van der Waals surface area contributed by atoms with Gasteiger partial charge in [0.2, 0.25) is 0 Å². The number of fused-ring (bicyclic) bond motifs is 3. The molecule has 0 N–H and O–H groups in total. The quantitative estimate of drug-likeness (QED) is 0.336. The van der Waals surface area contributed by atoms with E-state index in [0.29, 0.717) is 0 Å².